The van der Waals surface area contributed by atoms with E-state index in [4.69, 9.17) is 15.9 Å². The van der Waals surface area contributed by atoms with Crippen LogP contribution in [0.3, 0.4) is 0 Å². The van der Waals surface area contributed by atoms with Crippen molar-refractivity contribution in [3.05, 3.63) is 53.6 Å². The number of alkyl carbamates (subject to hydrolysis) is 1. The number of hydrogen-bond donors (Lipinski definition) is 3. The second kappa shape index (κ2) is 12.9. The van der Waals surface area contributed by atoms with Gasteiger partial charge in [0.1, 0.15) is 29.2 Å². The number of aromatic hydroxyl groups is 1. The van der Waals surface area contributed by atoms with E-state index in [1.54, 1.807) is 65.0 Å². The van der Waals surface area contributed by atoms with Crippen LogP contribution in [0, 0.1) is 25.3 Å². The maximum absolute atomic E-state index is 13.9. The molecule has 0 aromatic heterocycles. The fraction of sp³-hybridized carbons (Fsp3) is 0.414. The lowest BCUT2D eigenvalue weighted by atomic mass is 9.95. The first-order valence-corrected chi connectivity index (χ1v) is 12.3. The summed E-state index contributed by atoms with van der Waals surface area (Å²) in [6.45, 7) is 10.5. The van der Waals surface area contributed by atoms with Crippen LogP contribution >= 0.6 is 0 Å². The highest BCUT2D eigenvalue weighted by molar-refractivity contribution is 5.99. The number of rotatable bonds is 9. The number of benzene rings is 2. The van der Waals surface area contributed by atoms with Crippen LogP contribution in [0.15, 0.2) is 42.5 Å². The maximum atomic E-state index is 13.9. The predicted octanol–water partition coefficient (Wildman–Crippen LogP) is 4.75. The standard InChI is InChI=1S/C29H37N3O6/c1-9-18(3)24(31-28(36)38-29(5,6)7)27(35)32(10-2)25(20-11-16-23(33)19(4)17-20)26(34)30-21-12-14-22(37-8)15-13-21/h2,11-18,24-25,33H,9H2,1,3-8H3,(H,30,34)(H,31,36). The SMILES string of the molecule is C#CN(C(=O)C(NC(=O)OC(C)(C)C)C(C)CC)C(C(=O)Nc1ccc(OC)cc1)c1ccc(O)c(C)c1. The van der Waals surface area contributed by atoms with Crippen LogP contribution in [0.25, 0.3) is 0 Å². The second-order valence-corrected chi connectivity index (χ2v) is 10.0. The number of ether oxygens (including phenoxy) is 2. The third kappa shape index (κ3) is 7.90. The number of nitrogens with zero attached hydrogens (tertiary/aromatic N) is 1. The molecule has 3 unspecified atom stereocenters. The third-order valence-corrected chi connectivity index (χ3v) is 5.93. The van der Waals surface area contributed by atoms with Gasteiger partial charge in [-0.25, -0.2) is 4.79 Å². The van der Waals surface area contributed by atoms with E-state index in [0.717, 1.165) is 4.90 Å². The van der Waals surface area contributed by atoms with Gasteiger partial charge in [-0.1, -0.05) is 32.8 Å². The van der Waals surface area contributed by atoms with E-state index in [1.165, 1.54) is 19.2 Å². The molecular formula is C29H37N3O6. The maximum Gasteiger partial charge on any atom is 0.408 e. The number of carbonyl (C=O) groups excluding carboxylic acids is 3. The molecule has 0 heterocycles. The average Bonchev–Trinajstić information content (AvgIpc) is 2.86. The van der Waals surface area contributed by atoms with E-state index < -0.39 is 35.6 Å². The van der Waals surface area contributed by atoms with E-state index in [9.17, 15) is 19.5 Å². The summed E-state index contributed by atoms with van der Waals surface area (Å²) in [6.07, 6.45) is 5.60. The highest BCUT2D eigenvalue weighted by Crippen LogP contribution is 2.29. The van der Waals surface area contributed by atoms with Crippen LogP contribution in [0.2, 0.25) is 0 Å². The van der Waals surface area contributed by atoms with Gasteiger partial charge in [-0.3, -0.25) is 14.5 Å². The zero-order valence-electron chi connectivity index (χ0n) is 23.0. The topological polar surface area (TPSA) is 117 Å². The smallest absolute Gasteiger partial charge is 0.408 e. The van der Waals surface area contributed by atoms with Gasteiger partial charge in [-0.05, 0) is 81.1 Å². The van der Waals surface area contributed by atoms with E-state index >= 15 is 0 Å². The van der Waals surface area contributed by atoms with Crippen LogP contribution in [0.5, 0.6) is 11.5 Å². The van der Waals surface area contributed by atoms with Crippen LogP contribution in [0.1, 0.15) is 58.2 Å². The van der Waals surface area contributed by atoms with Crippen LogP contribution in [0.4, 0.5) is 10.5 Å². The minimum atomic E-state index is -1.26. The van der Waals surface area contributed by atoms with Gasteiger partial charge in [0, 0.05) is 11.7 Å². The van der Waals surface area contributed by atoms with Crippen LogP contribution in [-0.2, 0) is 14.3 Å². The summed E-state index contributed by atoms with van der Waals surface area (Å²) in [5.41, 5.74) is 0.576. The Morgan fingerprint density at radius 1 is 1.13 bits per heavy atom. The number of terminal acetylenes is 1. The second-order valence-electron chi connectivity index (χ2n) is 10.0. The van der Waals surface area contributed by atoms with Gasteiger partial charge in [0.25, 0.3) is 11.8 Å². The first kappa shape index (κ1) is 30.0. The van der Waals surface area contributed by atoms with Crippen molar-refractivity contribution >= 4 is 23.6 Å². The van der Waals surface area contributed by atoms with E-state index in [-0.39, 0.29) is 11.7 Å². The Bertz CT molecular complexity index is 1180. The molecule has 0 aliphatic rings. The molecule has 0 saturated carbocycles. The lowest BCUT2D eigenvalue weighted by Crippen LogP contribution is -2.53. The van der Waals surface area contributed by atoms with Crippen LogP contribution < -0.4 is 15.4 Å². The molecule has 0 spiro atoms. The highest BCUT2D eigenvalue weighted by Gasteiger charge is 2.38. The van der Waals surface area contributed by atoms with E-state index in [2.05, 4.69) is 16.7 Å². The summed E-state index contributed by atoms with van der Waals surface area (Å²) in [4.78, 5) is 41.0. The van der Waals surface area contributed by atoms with Gasteiger partial charge < -0.3 is 25.2 Å². The molecule has 0 fully saturated rings. The molecule has 0 bridgehead atoms. The predicted molar refractivity (Wildman–Crippen MR) is 146 cm³/mol. The number of carbonyl (C=O) groups is 3. The molecule has 2 rings (SSSR count). The Kier molecular flexibility index (Phi) is 10.2. The van der Waals surface area contributed by atoms with Gasteiger partial charge in [-0.2, -0.15) is 0 Å². The molecule has 9 heteroatoms. The highest BCUT2D eigenvalue weighted by atomic mass is 16.6. The monoisotopic (exact) mass is 523 g/mol. The molecule has 9 nitrogen and oxygen atoms in total. The summed E-state index contributed by atoms with van der Waals surface area (Å²) in [6, 6.07) is 11.3. The Morgan fingerprint density at radius 2 is 1.76 bits per heavy atom. The summed E-state index contributed by atoms with van der Waals surface area (Å²) >= 11 is 0. The Morgan fingerprint density at radius 3 is 2.26 bits per heavy atom. The molecule has 0 aliphatic heterocycles. The fourth-order valence-electron chi connectivity index (χ4n) is 3.68. The van der Waals surface area contributed by atoms with Gasteiger partial charge in [0.05, 0.1) is 7.11 Å². The van der Waals surface area contributed by atoms with Crippen LogP contribution in [-0.4, -0.2) is 46.7 Å². The van der Waals surface area contributed by atoms with Crippen molar-refractivity contribution in [2.45, 2.75) is 65.6 Å². The molecule has 38 heavy (non-hydrogen) atoms. The number of hydrogen-bond acceptors (Lipinski definition) is 6. The number of aryl methyl sites for hydroxylation is 1. The van der Waals surface area contributed by atoms with Crippen molar-refractivity contribution in [1.29, 1.82) is 0 Å². The summed E-state index contributed by atoms with van der Waals surface area (Å²) in [5.74, 6) is -0.901. The molecule has 2 aromatic carbocycles. The van der Waals surface area contributed by atoms with Crippen molar-refractivity contribution in [2.24, 2.45) is 5.92 Å². The molecular weight excluding hydrogens is 486 g/mol. The fourth-order valence-corrected chi connectivity index (χ4v) is 3.68. The van der Waals surface area contributed by atoms with Gasteiger partial charge in [-0.15, -0.1) is 0 Å². The number of amides is 3. The molecule has 2 aromatic rings. The molecule has 3 N–H and O–H groups in total. The molecule has 0 aliphatic carbocycles. The Balaban J connectivity index is 2.50. The first-order valence-electron chi connectivity index (χ1n) is 12.3. The van der Waals surface area contributed by atoms with Crippen molar-refractivity contribution in [2.75, 3.05) is 12.4 Å². The zero-order valence-corrected chi connectivity index (χ0v) is 23.0. The van der Waals surface area contributed by atoms with Crippen molar-refractivity contribution in [3.8, 4) is 24.0 Å². The van der Waals surface area contributed by atoms with Gasteiger partial charge >= 0.3 is 6.09 Å². The lowest BCUT2D eigenvalue weighted by Gasteiger charge is -2.32. The quantitative estimate of drug-likeness (QED) is 0.323. The van der Waals surface area contributed by atoms with E-state index in [1.807, 2.05) is 6.92 Å². The molecule has 204 valence electrons. The number of nitrogens with one attached hydrogen (secondary N) is 2. The van der Waals surface area contributed by atoms with Crippen molar-refractivity contribution < 1.29 is 29.0 Å². The number of methoxy groups -OCH3 is 1. The number of phenolic OH excluding ortho intramolecular Hbond substituents is 1. The zero-order chi connectivity index (χ0) is 28.6. The van der Waals surface area contributed by atoms with Gasteiger partial charge in [0.2, 0.25) is 0 Å². The summed E-state index contributed by atoms with van der Waals surface area (Å²) in [7, 11) is 1.53. The minimum absolute atomic E-state index is 0.0331. The molecule has 3 atom stereocenters. The normalized spacial score (nSPS) is 13.3. The van der Waals surface area contributed by atoms with Crippen molar-refractivity contribution in [1.82, 2.24) is 10.2 Å². The average molecular weight is 524 g/mol. The molecule has 0 radical (unpaired) electrons. The van der Waals surface area contributed by atoms with Crippen molar-refractivity contribution in [3.63, 3.8) is 0 Å². The third-order valence-electron chi connectivity index (χ3n) is 5.93. The van der Waals surface area contributed by atoms with Gasteiger partial charge in [0.15, 0.2) is 0 Å². The first-order chi connectivity index (χ1) is 17.8. The largest absolute Gasteiger partial charge is 0.508 e. The molecule has 0 saturated heterocycles. The lowest BCUT2D eigenvalue weighted by molar-refractivity contribution is -0.137. The Labute approximate surface area is 224 Å². The minimum Gasteiger partial charge on any atom is -0.508 e. The molecule has 3 amide bonds. The number of anilines is 1. The Hall–Kier alpha value is -4.19. The summed E-state index contributed by atoms with van der Waals surface area (Å²) in [5, 5.41) is 15.5. The number of phenols is 1. The van der Waals surface area contributed by atoms with E-state index in [0.29, 0.717) is 29.0 Å². The summed E-state index contributed by atoms with van der Waals surface area (Å²) < 4.78 is 10.5.